The zero-order chi connectivity index (χ0) is 13.0. The van der Waals surface area contributed by atoms with Crippen molar-refractivity contribution in [2.45, 2.75) is 33.1 Å². The SMILES string of the molecule is CCCc1cc(=S)nc(-c2ccc(CC)cc2)[nH]1. The van der Waals surface area contributed by atoms with Crippen LogP contribution < -0.4 is 0 Å². The number of aryl methyl sites for hydroxylation is 2. The maximum Gasteiger partial charge on any atom is 0.139 e. The molecule has 0 spiro atoms. The summed E-state index contributed by atoms with van der Waals surface area (Å²) >= 11 is 5.22. The first-order chi connectivity index (χ1) is 8.72. The topological polar surface area (TPSA) is 28.7 Å². The number of aromatic amines is 1. The summed E-state index contributed by atoms with van der Waals surface area (Å²) < 4.78 is 0.659. The highest BCUT2D eigenvalue weighted by Crippen LogP contribution is 2.16. The molecular formula is C15H18N2S. The molecule has 18 heavy (non-hydrogen) atoms. The Kier molecular flexibility index (Phi) is 4.26. The van der Waals surface area contributed by atoms with Crippen molar-refractivity contribution in [3.63, 3.8) is 0 Å². The van der Waals surface area contributed by atoms with E-state index in [4.69, 9.17) is 12.2 Å². The van der Waals surface area contributed by atoms with Crippen molar-refractivity contribution < 1.29 is 0 Å². The van der Waals surface area contributed by atoms with Crippen molar-refractivity contribution in [3.05, 3.63) is 46.2 Å². The van der Waals surface area contributed by atoms with E-state index in [1.165, 1.54) is 5.56 Å². The first-order valence-corrected chi connectivity index (χ1v) is 6.83. The standard InChI is InChI=1S/C15H18N2S/c1-3-5-13-10-14(18)17-15(16-13)12-8-6-11(4-2)7-9-12/h6-10H,3-5H2,1-2H3,(H,16,17,18). The summed E-state index contributed by atoms with van der Waals surface area (Å²) in [5.41, 5.74) is 3.59. The first kappa shape index (κ1) is 13.0. The van der Waals surface area contributed by atoms with E-state index >= 15 is 0 Å². The highest BCUT2D eigenvalue weighted by Gasteiger charge is 2.02. The first-order valence-electron chi connectivity index (χ1n) is 6.42. The molecule has 0 radical (unpaired) electrons. The van der Waals surface area contributed by atoms with Gasteiger partial charge in [0.05, 0.1) is 0 Å². The molecule has 1 aromatic carbocycles. The molecule has 1 N–H and O–H groups in total. The molecule has 3 heteroatoms. The molecule has 0 bridgehead atoms. The Morgan fingerprint density at radius 2 is 1.89 bits per heavy atom. The molecule has 0 unspecified atom stereocenters. The minimum atomic E-state index is 0.659. The molecule has 0 amide bonds. The molecule has 94 valence electrons. The van der Waals surface area contributed by atoms with E-state index in [1.54, 1.807) is 0 Å². The number of hydrogen-bond acceptors (Lipinski definition) is 2. The summed E-state index contributed by atoms with van der Waals surface area (Å²) in [6, 6.07) is 10.4. The second kappa shape index (κ2) is 5.91. The van der Waals surface area contributed by atoms with Gasteiger partial charge in [-0.2, -0.15) is 0 Å². The van der Waals surface area contributed by atoms with Crippen molar-refractivity contribution in [1.29, 1.82) is 0 Å². The highest BCUT2D eigenvalue weighted by molar-refractivity contribution is 7.71. The molecule has 0 saturated heterocycles. The molecule has 1 heterocycles. The van der Waals surface area contributed by atoms with E-state index in [2.05, 4.69) is 48.1 Å². The Hall–Kier alpha value is -1.48. The Morgan fingerprint density at radius 1 is 1.17 bits per heavy atom. The van der Waals surface area contributed by atoms with Crippen molar-refractivity contribution in [2.24, 2.45) is 0 Å². The van der Waals surface area contributed by atoms with Gasteiger partial charge in [-0.05, 0) is 24.5 Å². The largest absolute Gasteiger partial charge is 0.343 e. The molecule has 2 rings (SSSR count). The monoisotopic (exact) mass is 258 g/mol. The normalized spacial score (nSPS) is 10.6. The number of aromatic nitrogens is 2. The van der Waals surface area contributed by atoms with Crippen LogP contribution in [0.25, 0.3) is 11.4 Å². The smallest absolute Gasteiger partial charge is 0.139 e. The summed E-state index contributed by atoms with van der Waals surface area (Å²) in [6.07, 6.45) is 3.16. The van der Waals surface area contributed by atoms with Gasteiger partial charge in [0.25, 0.3) is 0 Å². The van der Waals surface area contributed by atoms with Crippen LogP contribution in [0.15, 0.2) is 30.3 Å². The van der Waals surface area contributed by atoms with Gasteiger partial charge in [0.15, 0.2) is 0 Å². The van der Waals surface area contributed by atoms with Gasteiger partial charge >= 0.3 is 0 Å². The van der Waals surface area contributed by atoms with Crippen molar-refractivity contribution in [3.8, 4) is 11.4 Å². The van der Waals surface area contributed by atoms with Gasteiger partial charge in [0.1, 0.15) is 10.5 Å². The van der Waals surface area contributed by atoms with Gasteiger partial charge < -0.3 is 4.98 Å². The molecule has 0 atom stereocenters. The van der Waals surface area contributed by atoms with Gasteiger partial charge in [-0.25, -0.2) is 4.98 Å². The van der Waals surface area contributed by atoms with Crippen LogP contribution in [0.2, 0.25) is 0 Å². The molecule has 0 saturated carbocycles. The lowest BCUT2D eigenvalue weighted by molar-refractivity contribution is 0.873. The lowest BCUT2D eigenvalue weighted by Crippen LogP contribution is -1.96. The van der Waals surface area contributed by atoms with Gasteiger partial charge in [-0.1, -0.05) is 56.8 Å². The van der Waals surface area contributed by atoms with Gasteiger partial charge in [-0.3, -0.25) is 0 Å². The number of nitrogens with zero attached hydrogens (tertiary/aromatic N) is 1. The Labute approximate surface area is 113 Å². The number of rotatable bonds is 4. The molecule has 2 aromatic rings. The van der Waals surface area contributed by atoms with E-state index in [0.29, 0.717) is 4.64 Å². The third-order valence-electron chi connectivity index (χ3n) is 2.95. The molecule has 0 aliphatic carbocycles. The number of H-pyrrole nitrogens is 1. The molecular weight excluding hydrogens is 240 g/mol. The Bertz CT molecular complexity index is 570. The zero-order valence-electron chi connectivity index (χ0n) is 10.9. The summed E-state index contributed by atoms with van der Waals surface area (Å²) in [6.45, 7) is 4.32. The molecule has 1 aromatic heterocycles. The lowest BCUT2D eigenvalue weighted by atomic mass is 10.1. The number of nitrogens with one attached hydrogen (secondary N) is 1. The Balaban J connectivity index is 2.39. The molecule has 0 aliphatic rings. The van der Waals surface area contributed by atoms with E-state index < -0.39 is 0 Å². The van der Waals surface area contributed by atoms with Crippen LogP contribution in [0.3, 0.4) is 0 Å². The maximum atomic E-state index is 5.22. The fourth-order valence-electron chi connectivity index (χ4n) is 1.95. The van der Waals surface area contributed by atoms with E-state index in [1.807, 2.05) is 6.07 Å². The van der Waals surface area contributed by atoms with Gasteiger partial charge in [-0.15, -0.1) is 0 Å². The molecule has 0 fully saturated rings. The van der Waals surface area contributed by atoms with Crippen molar-refractivity contribution >= 4 is 12.2 Å². The van der Waals surface area contributed by atoms with E-state index in [-0.39, 0.29) is 0 Å². The van der Waals surface area contributed by atoms with Crippen LogP contribution in [0.5, 0.6) is 0 Å². The predicted molar refractivity (Wildman–Crippen MR) is 78.2 cm³/mol. The van der Waals surface area contributed by atoms with Gasteiger partial charge in [0.2, 0.25) is 0 Å². The summed E-state index contributed by atoms with van der Waals surface area (Å²) in [7, 11) is 0. The van der Waals surface area contributed by atoms with E-state index in [9.17, 15) is 0 Å². The quantitative estimate of drug-likeness (QED) is 0.827. The third kappa shape index (κ3) is 3.05. The lowest BCUT2D eigenvalue weighted by Gasteiger charge is -2.06. The van der Waals surface area contributed by atoms with Crippen LogP contribution in [0.4, 0.5) is 0 Å². The average molecular weight is 258 g/mol. The van der Waals surface area contributed by atoms with Crippen LogP contribution in [0, 0.1) is 4.64 Å². The van der Waals surface area contributed by atoms with Gasteiger partial charge in [0, 0.05) is 11.3 Å². The molecule has 0 aliphatic heterocycles. The summed E-state index contributed by atoms with van der Waals surface area (Å²) in [5, 5.41) is 0. The van der Waals surface area contributed by atoms with Crippen molar-refractivity contribution in [1.82, 2.24) is 9.97 Å². The fourth-order valence-corrected chi connectivity index (χ4v) is 2.18. The second-order valence-corrected chi connectivity index (χ2v) is 4.81. The van der Waals surface area contributed by atoms with Crippen molar-refractivity contribution in [2.75, 3.05) is 0 Å². The zero-order valence-corrected chi connectivity index (χ0v) is 11.7. The number of hydrogen-bond donors (Lipinski definition) is 1. The summed E-state index contributed by atoms with van der Waals surface area (Å²) in [4.78, 5) is 7.76. The van der Waals surface area contributed by atoms with Crippen LogP contribution in [-0.4, -0.2) is 9.97 Å². The minimum absolute atomic E-state index is 0.659. The Morgan fingerprint density at radius 3 is 2.50 bits per heavy atom. The third-order valence-corrected chi connectivity index (χ3v) is 3.16. The number of benzene rings is 1. The second-order valence-electron chi connectivity index (χ2n) is 4.39. The summed E-state index contributed by atoms with van der Waals surface area (Å²) in [5.74, 6) is 0.869. The minimum Gasteiger partial charge on any atom is -0.343 e. The molecule has 2 nitrogen and oxygen atoms in total. The predicted octanol–water partition coefficient (Wildman–Crippen LogP) is 4.32. The highest BCUT2D eigenvalue weighted by atomic mass is 32.1. The van der Waals surface area contributed by atoms with Crippen LogP contribution in [0.1, 0.15) is 31.5 Å². The van der Waals surface area contributed by atoms with E-state index in [0.717, 1.165) is 36.3 Å². The fraction of sp³-hybridized carbons (Fsp3) is 0.333. The maximum absolute atomic E-state index is 5.22. The van der Waals surface area contributed by atoms with Crippen LogP contribution in [-0.2, 0) is 12.8 Å². The average Bonchev–Trinajstić information content (AvgIpc) is 2.38. The van der Waals surface area contributed by atoms with Crippen LogP contribution >= 0.6 is 12.2 Å².